The lowest BCUT2D eigenvalue weighted by Gasteiger charge is -2.31. The third-order valence-electron chi connectivity index (χ3n) is 4.26. The maximum atomic E-state index is 12.6. The number of pyridine rings is 1. The highest BCUT2D eigenvalue weighted by Crippen LogP contribution is 2.23. The first kappa shape index (κ1) is 13.1. The van der Waals surface area contributed by atoms with Crippen molar-refractivity contribution in [2.45, 2.75) is 38.1 Å². The molecule has 20 heavy (non-hydrogen) atoms. The van der Waals surface area contributed by atoms with E-state index in [1.807, 2.05) is 48.3 Å². The molecule has 0 atom stereocenters. The van der Waals surface area contributed by atoms with Crippen molar-refractivity contribution in [1.29, 1.82) is 0 Å². The van der Waals surface area contributed by atoms with E-state index in [9.17, 15) is 4.79 Å². The van der Waals surface area contributed by atoms with Crippen molar-refractivity contribution >= 4 is 16.8 Å². The lowest BCUT2D eigenvalue weighted by Crippen LogP contribution is -2.38. The minimum Gasteiger partial charge on any atom is -0.337 e. The fraction of sp³-hybridized carbons (Fsp3) is 0.412. The van der Waals surface area contributed by atoms with E-state index in [4.69, 9.17) is 0 Å². The molecular formula is C17H20N2O. The summed E-state index contributed by atoms with van der Waals surface area (Å²) in [5.74, 6) is 0.0441. The van der Waals surface area contributed by atoms with Gasteiger partial charge >= 0.3 is 0 Å². The van der Waals surface area contributed by atoms with Gasteiger partial charge in [-0.1, -0.05) is 43.5 Å². The normalized spacial score (nSPS) is 16.2. The van der Waals surface area contributed by atoms with Crippen molar-refractivity contribution in [3.05, 3.63) is 42.1 Å². The van der Waals surface area contributed by atoms with E-state index in [2.05, 4.69) is 4.98 Å². The zero-order valence-electron chi connectivity index (χ0n) is 11.9. The number of benzene rings is 1. The summed E-state index contributed by atoms with van der Waals surface area (Å²) in [6.07, 6.45) is 6.00. The molecule has 0 radical (unpaired) electrons. The van der Waals surface area contributed by atoms with Crippen LogP contribution in [0.1, 0.15) is 42.6 Å². The number of fused-ring (bicyclic) bond motifs is 1. The van der Waals surface area contributed by atoms with E-state index in [0.717, 1.165) is 23.7 Å². The van der Waals surface area contributed by atoms with Gasteiger partial charge in [-0.25, -0.2) is 4.98 Å². The van der Waals surface area contributed by atoms with E-state index in [1.54, 1.807) is 0 Å². The van der Waals surface area contributed by atoms with Crippen molar-refractivity contribution < 1.29 is 4.79 Å². The number of aromatic nitrogens is 1. The molecule has 3 rings (SSSR count). The number of carbonyl (C=O) groups is 1. The monoisotopic (exact) mass is 268 g/mol. The van der Waals surface area contributed by atoms with Gasteiger partial charge in [0.2, 0.25) is 0 Å². The smallest absolute Gasteiger partial charge is 0.272 e. The van der Waals surface area contributed by atoms with Gasteiger partial charge in [0, 0.05) is 18.5 Å². The Kier molecular flexibility index (Phi) is 3.68. The number of carbonyl (C=O) groups excluding carboxylic acids is 1. The highest BCUT2D eigenvalue weighted by Gasteiger charge is 2.23. The highest BCUT2D eigenvalue weighted by molar-refractivity contribution is 5.94. The Morgan fingerprint density at radius 3 is 2.65 bits per heavy atom. The van der Waals surface area contributed by atoms with Gasteiger partial charge in [0.1, 0.15) is 5.69 Å². The molecule has 0 spiro atoms. The van der Waals surface area contributed by atoms with E-state index in [1.165, 1.54) is 19.3 Å². The summed E-state index contributed by atoms with van der Waals surface area (Å²) < 4.78 is 0. The molecule has 1 aromatic heterocycles. The van der Waals surface area contributed by atoms with Crippen LogP contribution >= 0.6 is 0 Å². The third kappa shape index (κ3) is 2.53. The van der Waals surface area contributed by atoms with E-state index >= 15 is 0 Å². The van der Waals surface area contributed by atoms with Crippen molar-refractivity contribution in [2.24, 2.45) is 0 Å². The molecule has 1 fully saturated rings. The van der Waals surface area contributed by atoms with Crippen LogP contribution in [-0.2, 0) is 0 Å². The summed E-state index contributed by atoms with van der Waals surface area (Å²) in [5.41, 5.74) is 1.44. The number of para-hydroxylation sites is 1. The maximum absolute atomic E-state index is 12.6. The molecule has 1 amide bonds. The van der Waals surface area contributed by atoms with Gasteiger partial charge in [-0.3, -0.25) is 4.79 Å². The van der Waals surface area contributed by atoms with Crippen molar-refractivity contribution in [2.75, 3.05) is 7.05 Å². The minimum absolute atomic E-state index is 0.0441. The van der Waals surface area contributed by atoms with Crippen molar-refractivity contribution in [3.8, 4) is 0 Å². The Morgan fingerprint density at radius 2 is 1.85 bits per heavy atom. The number of nitrogens with zero attached hydrogens (tertiary/aromatic N) is 2. The molecule has 3 heteroatoms. The SMILES string of the molecule is CN(C(=O)c1ccc2ccccc2n1)C1CCCCC1. The first-order valence-electron chi connectivity index (χ1n) is 7.38. The average molecular weight is 268 g/mol. The van der Waals surface area contributed by atoms with Crippen LogP contribution in [-0.4, -0.2) is 28.9 Å². The zero-order valence-corrected chi connectivity index (χ0v) is 11.9. The van der Waals surface area contributed by atoms with Crippen molar-refractivity contribution in [1.82, 2.24) is 9.88 Å². The second-order valence-electron chi connectivity index (χ2n) is 5.60. The molecule has 0 unspecified atom stereocenters. The van der Waals surface area contributed by atoms with Crippen LogP contribution in [0, 0.1) is 0 Å². The molecule has 0 aliphatic heterocycles. The predicted octanol–water partition coefficient (Wildman–Crippen LogP) is 3.64. The molecule has 0 saturated heterocycles. The first-order valence-corrected chi connectivity index (χ1v) is 7.38. The quantitative estimate of drug-likeness (QED) is 0.833. The summed E-state index contributed by atoms with van der Waals surface area (Å²) in [6.45, 7) is 0. The Bertz CT molecular complexity index is 617. The van der Waals surface area contributed by atoms with Gasteiger partial charge < -0.3 is 4.90 Å². The van der Waals surface area contributed by atoms with Crippen LogP contribution in [0.2, 0.25) is 0 Å². The van der Waals surface area contributed by atoms with E-state index in [0.29, 0.717) is 11.7 Å². The van der Waals surface area contributed by atoms with Crippen LogP contribution in [0.3, 0.4) is 0 Å². The van der Waals surface area contributed by atoms with Gasteiger partial charge in [0.05, 0.1) is 5.52 Å². The highest BCUT2D eigenvalue weighted by atomic mass is 16.2. The van der Waals surface area contributed by atoms with Gasteiger partial charge in [-0.05, 0) is 25.0 Å². The van der Waals surface area contributed by atoms with E-state index < -0.39 is 0 Å². The van der Waals surface area contributed by atoms with Gasteiger partial charge in [0.15, 0.2) is 0 Å². The average Bonchev–Trinajstić information content (AvgIpc) is 2.54. The maximum Gasteiger partial charge on any atom is 0.272 e. The molecule has 0 N–H and O–H groups in total. The van der Waals surface area contributed by atoms with Crippen LogP contribution in [0.15, 0.2) is 36.4 Å². The van der Waals surface area contributed by atoms with Crippen LogP contribution < -0.4 is 0 Å². The Labute approximate surface area is 119 Å². The molecule has 1 aliphatic rings. The molecule has 1 aliphatic carbocycles. The van der Waals surface area contributed by atoms with Crippen LogP contribution in [0.5, 0.6) is 0 Å². The summed E-state index contributed by atoms with van der Waals surface area (Å²) in [7, 11) is 1.91. The summed E-state index contributed by atoms with van der Waals surface area (Å²) >= 11 is 0. The Balaban J connectivity index is 1.83. The number of amides is 1. The standard InChI is InChI=1S/C17H20N2O/c1-19(14-8-3-2-4-9-14)17(20)16-12-11-13-7-5-6-10-15(13)18-16/h5-7,10-12,14H,2-4,8-9H2,1H3. The summed E-state index contributed by atoms with van der Waals surface area (Å²) in [5, 5.41) is 1.07. The fourth-order valence-electron chi connectivity index (χ4n) is 3.00. The second-order valence-corrected chi connectivity index (χ2v) is 5.60. The second kappa shape index (κ2) is 5.61. The molecular weight excluding hydrogens is 248 g/mol. The first-order chi connectivity index (χ1) is 9.75. The molecule has 1 aromatic carbocycles. The van der Waals surface area contributed by atoms with Crippen molar-refractivity contribution in [3.63, 3.8) is 0 Å². The summed E-state index contributed by atoms with van der Waals surface area (Å²) in [6, 6.07) is 12.1. The van der Waals surface area contributed by atoms with Crippen LogP contribution in [0.25, 0.3) is 10.9 Å². The number of rotatable bonds is 2. The molecule has 0 bridgehead atoms. The van der Waals surface area contributed by atoms with E-state index in [-0.39, 0.29) is 5.91 Å². The van der Waals surface area contributed by atoms with Gasteiger partial charge in [0.25, 0.3) is 5.91 Å². The molecule has 3 nitrogen and oxygen atoms in total. The largest absolute Gasteiger partial charge is 0.337 e. The number of hydrogen-bond acceptors (Lipinski definition) is 2. The lowest BCUT2D eigenvalue weighted by molar-refractivity contribution is 0.0690. The molecule has 2 aromatic rings. The minimum atomic E-state index is 0.0441. The third-order valence-corrected chi connectivity index (χ3v) is 4.26. The molecule has 1 heterocycles. The van der Waals surface area contributed by atoms with Crippen LogP contribution in [0.4, 0.5) is 0 Å². The van der Waals surface area contributed by atoms with Gasteiger partial charge in [-0.15, -0.1) is 0 Å². The summed E-state index contributed by atoms with van der Waals surface area (Å²) in [4.78, 5) is 18.9. The Hall–Kier alpha value is -1.90. The predicted molar refractivity (Wildman–Crippen MR) is 80.7 cm³/mol. The number of hydrogen-bond donors (Lipinski definition) is 0. The molecule has 1 saturated carbocycles. The fourth-order valence-corrected chi connectivity index (χ4v) is 3.00. The topological polar surface area (TPSA) is 33.2 Å². The lowest BCUT2D eigenvalue weighted by atomic mass is 9.94. The van der Waals surface area contributed by atoms with Gasteiger partial charge in [-0.2, -0.15) is 0 Å². The molecule has 104 valence electrons. The Morgan fingerprint density at radius 1 is 1.10 bits per heavy atom. The zero-order chi connectivity index (χ0) is 13.9.